The molecule has 1 nitrogen and oxygen atoms in total. The summed E-state index contributed by atoms with van der Waals surface area (Å²) in [5.74, 6) is 6.94. The van der Waals surface area contributed by atoms with Gasteiger partial charge in [-0.3, -0.25) is 0 Å². The number of hydrogen-bond acceptors (Lipinski definition) is 1. The molecule has 0 spiro atoms. The van der Waals surface area contributed by atoms with Crippen LogP contribution in [0.3, 0.4) is 0 Å². The molecule has 8 unspecified atom stereocenters. The molecule has 4 fully saturated rings. The second-order valence-electron chi connectivity index (χ2n) is 11.0. The Morgan fingerprint density at radius 1 is 0.667 bits per heavy atom. The third kappa shape index (κ3) is 1.79. The zero-order valence-corrected chi connectivity index (χ0v) is 14.8. The highest BCUT2D eigenvalue weighted by Gasteiger charge is 2.69. The van der Waals surface area contributed by atoms with E-state index < -0.39 is 0 Å². The molecular weight excluding hydrogens is 256 g/mol. The zero-order valence-electron chi connectivity index (χ0n) is 14.8. The number of fused-ring (bicyclic) bond motifs is 9. The molecule has 4 saturated carbocycles. The first kappa shape index (κ1) is 14.5. The van der Waals surface area contributed by atoms with Crippen molar-refractivity contribution in [3.8, 4) is 0 Å². The van der Waals surface area contributed by atoms with E-state index in [9.17, 15) is 5.11 Å². The molecular formula is C20H34O. The maximum absolute atomic E-state index is 10.4. The predicted molar refractivity (Wildman–Crippen MR) is 86.7 cm³/mol. The van der Waals surface area contributed by atoms with E-state index in [1.807, 2.05) is 0 Å². The molecule has 4 rings (SSSR count). The minimum Gasteiger partial charge on any atom is -0.393 e. The van der Waals surface area contributed by atoms with Crippen molar-refractivity contribution < 1.29 is 5.11 Å². The second kappa shape index (κ2) is 4.08. The third-order valence-corrected chi connectivity index (χ3v) is 7.94. The fourth-order valence-corrected chi connectivity index (χ4v) is 7.95. The number of rotatable bonds is 0. The van der Waals surface area contributed by atoms with Crippen molar-refractivity contribution in [3.05, 3.63) is 0 Å². The standard InChI is InChI=1S/C20H34O/c1-19(2,3)17-12-9-13(18(17)20(4,5)6)16-11-7-10(15(12)16)8-14(11)21/h10-18,21H,7-9H2,1-6H3/t10?,11?,12-,13?,14?,15?,16?,17?,18?/m1/s1. The first-order valence-electron chi connectivity index (χ1n) is 9.29. The molecule has 120 valence electrons. The normalized spacial score (nSPS) is 55.3. The van der Waals surface area contributed by atoms with Crippen molar-refractivity contribution in [2.45, 2.75) is 66.9 Å². The highest BCUT2D eigenvalue weighted by molar-refractivity contribution is 5.17. The molecule has 0 aromatic rings. The van der Waals surface area contributed by atoms with E-state index in [4.69, 9.17) is 0 Å². The lowest BCUT2D eigenvalue weighted by molar-refractivity contribution is -0.0671. The maximum Gasteiger partial charge on any atom is 0.0574 e. The van der Waals surface area contributed by atoms with Crippen LogP contribution >= 0.6 is 0 Å². The van der Waals surface area contributed by atoms with Gasteiger partial charge in [0.2, 0.25) is 0 Å². The Bertz CT molecular complexity index is 440. The van der Waals surface area contributed by atoms with Crippen molar-refractivity contribution in [1.82, 2.24) is 0 Å². The molecule has 0 radical (unpaired) electrons. The Balaban J connectivity index is 1.74. The largest absolute Gasteiger partial charge is 0.393 e. The van der Waals surface area contributed by atoms with E-state index in [-0.39, 0.29) is 6.10 Å². The average Bonchev–Trinajstić information content (AvgIpc) is 2.99. The summed E-state index contributed by atoms with van der Waals surface area (Å²) < 4.78 is 0. The van der Waals surface area contributed by atoms with Gasteiger partial charge in [-0.15, -0.1) is 0 Å². The fraction of sp³-hybridized carbons (Fsp3) is 1.00. The molecule has 0 heterocycles. The van der Waals surface area contributed by atoms with E-state index in [2.05, 4.69) is 41.5 Å². The maximum atomic E-state index is 10.4. The molecule has 4 bridgehead atoms. The predicted octanol–water partition coefficient (Wildman–Crippen LogP) is 4.59. The van der Waals surface area contributed by atoms with Gasteiger partial charge in [-0.05, 0) is 77.4 Å². The first-order valence-corrected chi connectivity index (χ1v) is 9.29. The van der Waals surface area contributed by atoms with E-state index in [0.717, 1.165) is 47.8 Å². The summed E-state index contributed by atoms with van der Waals surface area (Å²) >= 11 is 0. The van der Waals surface area contributed by atoms with Crippen molar-refractivity contribution >= 4 is 0 Å². The molecule has 9 atom stereocenters. The molecule has 1 N–H and O–H groups in total. The average molecular weight is 290 g/mol. The minimum absolute atomic E-state index is 0.0318. The smallest absolute Gasteiger partial charge is 0.0574 e. The molecule has 0 aromatic heterocycles. The van der Waals surface area contributed by atoms with E-state index in [1.165, 1.54) is 12.8 Å². The van der Waals surface area contributed by atoms with E-state index in [1.54, 1.807) is 0 Å². The fourth-order valence-electron chi connectivity index (χ4n) is 7.95. The van der Waals surface area contributed by atoms with Crippen LogP contribution in [-0.2, 0) is 0 Å². The van der Waals surface area contributed by atoms with Gasteiger partial charge in [0.05, 0.1) is 6.10 Å². The van der Waals surface area contributed by atoms with E-state index >= 15 is 0 Å². The van der Waals surface area contributed by atoms with Crippen molar-refractivity contribution in [2.24, 2.45) is 58.2 Å². The van der Waals surface area contributed by atoms with Crippen LogP contribution in [-0.4, -0.2) is 11.2 Å². The van der Waals surface area contributed by atoms with Crippen LogP contribution in [0.2, 0.25) is 0 Å². The lowest BCUT2D eigenvalue weighted by atomic mass is 9.52. The van der Waals surface area contributed by atoms with Crippen molar-refractivity contribution in [2.75, 3.05) is 0 Å². The van der Waals surface area contributed by atoms with Gasteiger partial charge in [-0.25, -0.2) is 0 Å². The highest BCUT2D eigenvalue weighted by atomic mass is 16.3. The van der Waals surface area contributed by atoms with Gasteiger partial charge in [0.25, 0.3) is 0 Å². The van der Waals surface area contributed by atoms with Crippen LogP contribution in [0.15, 0.2) is 0 Å². The minimum atomic E-state index is 0.0318. The zero-order chi connectivity index (χ0) is 15.3. The van der Waals surface area contributed by atoms with E-state index in [0.29, 0.717) is 16.7 Å². The lowest BCUT2D eigenvalue weighted by Gasteiger charge is -2.52. The molecule has 21 heavy (non-hydrogen) atoms. The van der Waals surface area contributed by atoms with Crippen LogP contribution in [0, 0.1) is 58.2 Å². The third-order valence-electron chi connectivity index (χ3n) is 7.94. The number of aliphatic hydroxyl groups excluding tert-OH is 1. The Labute approximate surface area is 130 Å². The Hall–Kier alpha value is -0.0400. The van der Waals surface area contributed by atoms with Gasteiger partial charge in [0, 0.05) is 0 Å². The molecule has 4 aliphatic carbocycles. The van der Waals surface area contributed by atoms with Crippen LogP contribution in [0.4, 0.5) is 0 Å². The molecule has 0 aliphatic heterocycles. The topological polar surface area (TPSA) is 20.2 Å². The Morgan fingerprint density at radius 2 is 1.19 bits per heavy atom. The Morgan fingerprint density at radius 3 is 1.71 bits per heavy atom. The Kier molecular flexibility index (Phi) is 2.82. The summed E-state index contributed by atoms with van der Waals surface area (Å²) in [6, 6.07) is 0. The van der Waals surface area contributed by atoms with Crippen LogP contribution < -0.4 is 0 Å². The summed E-state index contributed by atoms with van der Waals surface area (Å²) in [6.45, 7) is 14.8. The molecule has 0 saturated heterocycles. The van der Waals surface area contributed by atoms with Crippen LogP contribution in [0.1, 0.15) is 60.8 Å². The summed E-state index contributed by atoms with van der Waals surface area (Å²) in [4.78, 5) is 0. The second-order valence-corrected chi connectivity index (χ2v) is 11.0. The summed E-state index contributed by atoms with van der Waals surface area (Å²) in [6.07, 6.45) is 3.96. The van der Waals surface area contributed by atoms with Crippen molar-refractivity contribution in [1.29, 1.82) is 0 Å². The summed E-state index contributed by atoms with van der Waals surface area (Å²) in [5, 5.41) is 10.4. The van der Waals surface area contributed by atoms with Crippen LogP contribution in [0.25, 0.3) is 0 Å². The van der Waals surface area contributed by atoms with Gasteiger partial charge in [-0.2, -0.15) is 0 Å². The van der Waals surface area contributed by atoms with Gasteiger partial charge in [0.1, 0.15) is 0 Å². The van der Waals surface area contributed by atoms with Gasteiger partial charge < -0.3 is 5.11 Å². The molecule has 1 heteroatoms. The summed E-state index contributed by atoms with van der Waals surface area (Å²) in [5.41, 5.74) is 0.845. The number of hydrogen-bond donors (Lipinski definition) is 1. The lowest BCUT2D eigenvalue weighted by Crippen LogP contribution is -2.49. The molecule has 4 aliphatic rings. The number of aliphatic hydroxyl groups is 1. The molecule has 0 amide bonds. The monoisotopic (exact) mass is 290 g/mol. The van der Waals surface area contributed by atoms with Gasteiger partial charge in [0.15, 0.2) is 0 Å². The first-order chi connectivity index (χ1) is 9.60. The quantitative estimate of drug-likeness (QED) is 0.647. The SMILES string of the molecule is CC(C)(C)C1C2C[C@H](C3C4CC(O)C(C4)C23)C1C(C)(C)C. The van der Waals surface area contributed by atoms with Crippen LogP contribution in [0.5, 0.6) is 0 Å². The molecule has 0 aromatic carbocycles. The van der Waals surface area contributed by atoms with Crippen molar-refractivity contribution in [3.63, 3.8) is 0 Å². The van der Waals surface area contributed by atoms with Gasteiger partial charge >= 0.3 is 0 Å². The van der Waals surface area contributed by atoms with Gasteiger partial charge in [-0.1, -0.05) is 41.5 Å². The highest BCUT2D eigenvalue weighted by Crippen LogP contribution is 2.74. The summed E-state index contributed by atoms with van der Waals surface area (Å²) in [7, 11) is 0.